The summed E-state index contributed by atoms with van der Waals surface area (Å²) in [6.45, 7) is 2.71. The summed E-state index contributed by atoms with van der Waals surface area (Å²) < 4.78 is 23.5. The van der Waals surface area contributed by atoms with E-state index in [1.807, 2.05) is 32.2 Å². The maximum atomic E-state index is 11.8. The topological polar surface area (TPSA) is 46.2 Å². The molecule has 0 aliphatic rings. The Bertz CT molecular complexity index is 428. The summed E-state index contributed by atoms with van der Waals surface area (Å²) in [4.78, 5) is 0. The summed E-state index contributed by atoms with van der Waals surface area (Å²) in [6, 6.07) is 10.1. The minimum Gasteiger partial charge on any atom is -0.319 e. The van der Waals surface area contributed by atoms with Crippen molar-refractivity contribution in [1.82, 2.24) is 5.32 Å². The molecule has 0 saturated heterocycles. The van der Waals surface area contributed by atoms with Crippen molar-refractivity contribution < 1.29 is 8.42 Å². The van der Waals surface area contributed by atoms with Crippen molar-refractivity contribution in [3.8, 4) is 0 Å². The van der Waals surface area contributed by atoms with Gasteiger partial charge in [-0.2, -0.15) is 0 Å². The van der Waals surface area contributed by atoms with Crippen LogP contribution in [0, 0.1) is 0 Å². The predicted molar refractivity (Wildman–Crippen MR) is 76.7 cm³/mol. The largest absolute Gasteiger partial charge is 0.319 e. The van der Waals surface area contributed by atoms with E-state index >= 15 is 0 Å². The van der Waals surface area contributed by atoms with E-state index in [1.165, 1.54) is 5.56 Å². The van der Waals surface area contributed by atoms with Gasteiger partial charge < -0.3 is 5.32 Å². The molecule has 102 valence electrons. The molecular formula is C14H23NO2S. The Hall–Kier alpha value is -0.870. The molecule has 1 N–H and O–H groups in total. The number of sulfone groups is 1. The van der Waals surface area contributed by atoms with E-state index in [-0.39, 0.29) is 11.7 Å². The molecule has 0 bridgehead atoms. The lowest BCUT2D eigenvalue weighted by Gasteiger charge is -2.17. The van der Waals surface area contributed by atoms with Gasteiger partial charge in [0.05, 0.1) is 5.75 Å². The Morgan fingerprint density at radius 1 is 1.17 bits per heavy atom. The van der Waals surface area contributed by atoms with Gasteiger partial charge in [-0.05, 0) is 31.4 Å². The molecule has 0 saturated carbocycles. The molecule has 0 heterocycles. The number of likely N-dealkylation sites (N-methyl/N-ethyl adjacent to an activating group) is 1. The standard InChI is InChI=1S/C14H23NO2S/c1-3-10-18(16,17)11-9-14(12-15-2)13-7-5-4-6-8-13/h4-8,14-15H,3,9-12H2,1-2H3. The average Bonchev–Trinajstić information content (AvgIpc) is 2.35. The van der Waals surface area contributed by atoms with Crippen molar-refractivity contribution in [1.29, 1.82) is 0 Å². The number of hydrogen-bond donors (Lipinski definition) is 1. The van der Waals surface area contributed by atoms with Crippen molar-refractivity contribution in [2.45, 2.75) is 25.7 Å². The van der Waals surface area contributed by atoms with Crippen LogP contribution in [0.15, 0.2) is 30.3 Å². The Morgan fingerprint density at radius 2 is 1.83 bits per heavy atom. The summed E-state index contributed by atoms with van der Waals surface area (Å²) in [5.74, 6) is 0.846. The predicted octanol–water partition coefficient (Wildman–Crippen LogP) is 2.20. The average molecular weight is 269 g/mol. The fraction of sp³-hybridized carbons (Fsp3) is 0.571. The van der Waals surface area contributed by atoms with Gasteiger partial charge in [-0.1, -0.05) is 37.3 Å². The summed E-state index contributed by atoms with van der Waals surface area (Å²) in [6.07, 6.45) is 1.39. The van der Waals surface area contributed by atoms with Crippen LogP contribution in [0.3, 0.4) is 0 Å². The van der Waals surface area contributed by atoms with Gasteiger partial charge >= 0.3 is 0 Å². The molecule has 0 aliphatic heterocycles. The zero-order chi connectivity index (χ0) is 13.4. The molecule has 1 aromatic rings. The number of nitrogens with one attached hydrogen (secondary N) is 1. The van der Waals surface area contributed by atoms with Crippen LogP contribution < -0.4 is 5.32 Å². The lowest BCUT2D eigenvalue weighted by atomic mass is 9.96. The number of benzene rings is 1. The van der Waals surface area contributed by atoms with Crippen molar-refractivity contribution >= 4 is 9.84 Å². The van der Waals surface area contributed by atoms with Gasteiger partial charge in [-0.25, -0.2) is 8.42 Å². The van der Waals surface area contributed by atoms with E-state index < -0.39 is 9.84 Å². The summed E-state index contributed by atoms with van der Waals surface area (Å²) in [5.41, 5.74) is 1.21. The summed E-state index contributed by atoms with van der Waals surface area (Å²) in [5, 5.41) is 3.14. The van der Waals surface area contributed by atoms with E-state index in [0.717, 1.165) is 6.54 Å². The fourth-order valence-electron chi connectivity index (χ4n) is 2.09. The summed E-state index contributed by atoms with van der Waals surface area (Å²) >= 11 is 0. The third-order valence-corrected chi connectivity index (χ3v) is 4.90. The molecule has 1 atom stereocenters. The maximum absolute atomic E-state index is 11.8. The van der Waals surface area contributed by atoms with Crippen molar-refractivity contribution in [3.05, 3.63) is 35.9 Å². The Morgan fingerprint density at radius 3 is 2.39 bits per heavy atom. The smallest absolute Gasteiger partial charge is 0.150 e. The lowest BCUT2D eigenvalue weighted by Crippen LogP contribution is -2.21. The SMILES string of the molecule is CCCS(=O)(=O)CCC(CNC)c1ccccc1. The highest BCUT2D eigenvalue weighted by molar-refractivity contribution is 7.91. The monoisotopic (exact) mass is 269 g/mol. The molecule has 1 aromatic carbocycles. The molecular weight excluding hydrogens is 246 g/mol. The molecule has 0 amide bonds. The molecule has 18 heavy (non-hydrogen) atoms. The first-order chi connectivity index (χ1) is 8.59. The third-order valence-electron chi connectivity index (χ3n) is 3.01. The highest BCUT2D eigenvalue weighted by Gasteiger charge is 2.16. The van der Waals surface area contributed by atoms with E-state index in [4.69, 9.17) is 0 Å². The van der Waals surface area contributed by atoms with Crippen LogP contribution in [0.2, 0.25) is 0 Å². The second kappa shape index (κ2) is 7.54. The second-order valence-electron chi connectivity index (χ2n) is 4.61. The minimum absolute atomic E-state index is 0.267. The third kappa shape index (κ3) is 5.19. The van der Waals surface area contributed by atoms with Gasteiger partial charge in [0.25, 0.3) is 0 Å². The van der Waals surface area contributed by atoms with Crippen LogP contribution in [0.4, 0.5) is 0 Å². The van der Waals surface area contributed by atoms with Gasteiger partial charge in [0.15, 0.2) is 0 Å². The van der Waals surface area contributed by atoms with Crippen LogP contribution in [-0.2, 0) is 9.84 Å². The van der Waals surface area contributed by atoms with Crippen LogP contribution in [-0.4, -0.2) is 33.5 Å². The molecule has 3 nitrogen and oxygen atoms in total. The Labute approximate surface area is 111 Å². The second-order valence-corrected chi connectivity index (χ2v) is 6.91. The van der Waals surface area contributed by atoms with Gasteiger partial charge in [0, 0.05) is 12.3 Å². The molecule has 0 radical (unpaired) electrons. The quantitative estimate of drug-likeness (QED) is 0.787. The van der Waals surface area contributed by atoms with Gasteiger partial charge in [0.2, 0.25) is 0 Å². The molecule has 1 unspecified atom stereocenters. The fourth-order valence-corrected chi connectivity index (χ4v) is 3.56. The van der Waals surface area contributed by atoms with E-state index in [9.17, 15) is 8.42 Å². The molecule has 0 aromatic heterocycles. The maximum Gasteiger partial charge on any atom is 0.150 e. The molecule has 4 heteroatoms. The van der Waals surface area contributed by atoms with Crippen LogP contribution >= 0.6 is 0 Å². The van der Waals surface area contributed by atoms with Crippen molar-refractivity contribution in [2.24, 2.45) is 0 Å². The summed E-state index contributed by atoms with van der Waals surface area (Å²) in [7, 11) is -0.982. The first kappa shape index (κ1) is 15.2. The highest BCUT2D eigenvalue weighted by Crippen LogP contribution is 2.19. The number of hydrogen-bond acceptors (Lipinski definition) is 3. The zero-order valence-corrected chi connectivity index (χ0v) is 12.0. The highest BCUT2D eigenvalue weighted by atomic mass is 32.2. The van der Waals surface area contributed by atoms with Gasteiger partial charge in [-0.3, -0.25) is 0 Å². The molecule has 0 fully saturated rings. The minimum atomic E-state index is -2.88. The lowest BCUT2D eigenvalue weighted by molar-refractivity contribution is 0.573. The van der Waals surface area contributed by atoms with Gasteiger partial charge in [-0.15, -0.1) is 0 Å². The van der Waals surface area contributed by atoms with E-state index in [0.29, 0.717) is 18.6 Å². The normalized spacial score (nSPS) is 13.4. The van der Waals surface area contributed by atoms with E-state index in [2.05, 4.69) is 17.4 Å². The van der Waals surface area contributed by atoms with E-state index in [1.54, 1.807) is 0 Å². The first-order valence-electron chi connectivity index (χ1n) is 6.49. The molecule has 0 spiro atoms. The first-order valence-corrected chi connectivity index (χ1v) is 8.31. The Balaban J connectivity index is 2.65. The van der Waals surface area contributed by atoms with Crippen LogP contribution in [0.5, 0.6) is 0 Å². The molecule has 1 rings (SSSR count). The van der Waals surface area contributed by atoms with Crippen molar-refractivity contribution in [3.63, 3.8) is 0 Å². The molecule has 0 aliphatic carbocycles. The zero-order valence-electron chi connectivity index (χ0n) is 11.2. The van der Waals surface area contributed by atoms with Crippen LogP contribution in [0.1, 0.15) is 31.2 Å². The number of rotatable bonds is 8. The van der Waals surface area contributed by atoms with Crippen LogP contribution in [0.25, 0.3) is 0 Å². The van der Waals surface area contributed by atoms with Crippen molar-refractivity contribution in [2.75, 3.05) is 25.1 Å². The van der Waals surface area contributed by atoms with Gasteiger partial charge in [0.1, 0.15) is 9.84 Å². The Kier molecular flexibility index (Phi) is 6.36.